The second-order valence-corrected chi connectivity index (χ2v) is 6.57. The Balaban J connectivity index is 2.03. The summed E-state index contributed by atoms with van der Waals surface area (Å²) >= 11 is 0.906. The fraction of sp³-hybridized carbons (Fsp3) is 0.0526. The Morgan fingerprint density at radius 1 is 1.10 bits per heavy atom. The average Bonchev–Trinajstić information content (AvgIpc) is 3.09. The number of carbonyl (C=O) groups is 2. The molecule has 2 N–H and O–H groups in total. The van der Waals surface area contributed by atoms with Crippen LogP contribution in [0.5, 0.6) is 5.75 Å². The van der Waals surface area contributed by atoms with Crippen LogP contribution in [0.1, 0.15) is 20.7 Å². The Kier molecular flexibility index (Phi) is 5.55. The van der Waals surface area contributed by atoms with Gasteiger partial charge in [0.05, 0.1) is 23.2 Å². The lowest BCUT2D eigenvalue weighted by Crippen LogP contribution is -2.17. The Labute approximate surface area is 165 Å². The number of anilines is 1. The number of carbonyl (C=O) groups excluding carboxylic acids is 1. The van der Waals surface area contributed by atoms with Gasteiger partial charge in [-0.15, -0.1) is 11.3 Å². The molecule has 3 rings (SSSR count). The summed E-state index contributed by atoms with van der Waals surface area (Å²) in [6.07, 6.45) is 0. The SMILES string of the molecule is COc1c(F)c(F)cc(C(=O)Nc2csc(-c3cccc(F)c3)c2C(=O)O)c1F. The second-order valence-electron chi connectivity index (χ2n) is 5.69. The van der Waals surface area contributed by atoms with Crippen LogP contribution in [0.3, 0.4) is 0 Å². The number of nitrogens with one attached hydrogen (secondary N) is 1. The summed E-state index contributed by atoms with van der Waals surface area (Å²) in [7, 11) is 0.898. The van der Waals surface area contributed by atoms with E-state index >= 15 is 0 Å². The Bertz CT molecular complexity index is 1130. The van der Waals surface area contributed by atoms with Gasteiger partial charge in [0.15, 0.2) is 17.4 Å². The monoisotopic (exact) mass is 425 g/mol. The Morgan fingerprint density at radius 2 is 1.83 bits per heavy atom. The zero-order valence-electron chi connectivity index (χ0n) is 14.6. The van der Waals surface area contributed by atoms with E-state index in [4.69, 9.17) is 0 Å². The molecule has 1 heterocycles. The zero-order chi connectivity index (χ0) is 21.3. The third-order valence-corrected chi connectivity index (χ3v) is 4.93. The van der Waals surface area contributed by atoms with Crippen molar-refractivity contribution < 1.29 is 37.0 Å². The van der Waals surface area contributed by atoms with Gasteiger partial charge in [-0.1, -0.05) is 12.1 Å². The molecule has 2 aromatic carbocycles. The van der Waals surface area contributed by atoms with Gasteiger partial charge in [-0.3, -0.25) is 4.79 Å². The number of carboxylic acids is 1. The highest BCUT2D eigenvalue weighted by Gasteiger charge is 2.26. The maximum absolute atomic E-state index is 14.3. The summed E-state index contributed by atoms with van der Waals surface area (Å²) in [6, 6.07) is 5.50. The molecule has 0 bridgehead atoms. The van der Waals surface area contributed by atoms with Gasteiger partial charge in [-0.2, -0.15) is 4.39 Å². The lowest BCUT2D eigenvalue weighted by molar-refractivity contribution is 0.0699. The number of hydrogen-bond donors (Lipinski definition) is 2. The van der Waals surface area contributed by atoms with Gasteiger partial charge >= 0.3 is 5.97 Å². The van der Waals surface area contributed by atoms with Crippen LogP contribution in [-0.2, 0) is 0 Å². The van der Waals surface area contributed by atoms with E-state index in [9.17, 15) is 32.3 Å². The van der Waals surface area contributed by atoms with Crippen molar-refractivity contribution in [2.45, 2.75) is 0 Å². The molecule has 1 aromatic heterocycles. The number of carboxylic acid groups (broad SMARTS) is 1. The molecule has 0 saturated heterocycles. The first-order chi connectivity index (χ1) is 13.7. The first-order valence-corrected chi connectivity index (χ1v) is 8.76. The van der Waals surface area contributed by atoms with Crippen molar-refractivity contribution in [3.8, 4) is 16.2 Å². The molecule has 0 saturated carbocycles. The fourth-order valence-corrected chi connectivity index (χ4v) is 3.61. The van der Waals surface area contributed by atoms with Crippen molar-refractivity contribution in [1.82, 2.24) is 0 Å². The van der Waals surface area contributed by atoms with Gasteiger partial charge in [0.1, 0.15) is 11.4 Å². The predicted octanol–water partition coefficient (Wildman–Crippen LogP) is 4.93. The molecular formula is C19H11F4NO4S. The van der Waals surface area contributed by atoms with Crippen LogP contribution in [0.15, 0.2) is 35.7 Å². The average molecular weight is 425 g/mol. The topological polar surface area (TPSA) is 75.6 Å². The molecule has 0 atom stereocenters. The summed E-state index contributed by atoms with van der Waals surface area (Å²) in [5.41, 5.74) is -1.19. The van der Waals surface area contributed by atoms with E-state index in [0.717, 1.165) is 24.5 Å². The number of thiophene rings is 1. The maximum atomic E-state index is 14.3. The Morgan fingerprint density at radius 3 is 2.45 bits per heavy atom. The maximum Gasteiger partial charge on any atom is 0.339 e. The molecule has 1 amide bonds. The third kappa shape index (κ3) is 3.79. The van der Waals surface area contributed by atoms with E-state index < -0.39 is 46.5 Å². The minimum Gasteiger partial charge on any atom is -0.491 e. The van der Waals surface area contributed by atoms with Crippen LogP contribution in [0.25, 0.3) is 10.4 Å². The van der Waals surface area contributed by atoms with Crippen molar-refractivity contribution in [2.75, 3.05) is 12.4 Å². The number of hydrogen-bond acceptors (Lipinski definition) is 4. The molecule has 0 unspecified atom stereocenters. The number of amides is 1. The van der Waals surface area contributed by atoms with Crippen molar-refractivity contribution in [2.24, 2.45) is 0 Å². The van der Waals surface area contributed by atoms with Gasteiger partial charge < -0.3 is 15.2 Å². The highest BCUT2D eigenvalue weighted by Crippen LogP contribution is 2.37. The highest BCUT2D eigenvalue weighted by molar-refractivity contribution is 7.14. The largest absolute Gasteiger partial charge is 0.491 e. The van der Waals surface area contributed by atoms with Gasteiger partial charge in [0.25, 0.3) is 5.91 Å². The summed E-state index contributed by atoms with van der Waals surface area (Å²) < 4.78 is 59.4. The van der Waals surface area contributed by atoms with E-state index in [-0.39, 0.29) is 21.7 Å². The number of aromatic carboxylic acids is 1. The molecule has 3 aromatic rings. The first-order valence-electron chi connectivity index (χ1n) is 7.88. The molecule has 0 aliphatic carbocycles. The zero-order valence-corrected chi connectivity index (χ0v) is 15.4. The third-order valence-electron chi connectivity index (χ3n) is 3.90. The summed E-state index contributed by atoms with van der Waals surface area (Å²) in [6.45, 7) is 0. The van der Waals surface area contributed by atoms with Crippen molar-refractivity contribution in [3.63, 3.8) is 0 Å². The van der Waals surface area contributed by atoms with E-state index in [1.165, 1.54) is 23.6 Å². The number of ether oxygens (including phenoxy) is 1. The number of benzene rings is 2. The number of rotatable bonds is 5. The molecule has 0 aliphatic heterocycles. The van der Waals surface area contributed by atoms with Crippen LogP contribution in [0, 0.1) is 23.3 Å². The number of methoxy groups -OCH3 is 1. The van der Waals surface area contributed by atoms with Crippen molar-refractivity contribution in [1.29, 1.82) is 0 Å². The molecule has 0 spiro atoms. The minimum absolute atomic E-state index is 0.149. The molecule has 10 heteroatoms. The molecule has 5 nitrogen and oxygen atoms in total. The van der Waals surface area contributed by atoms with Gasteiger partial charge in [0, 0.05) is 5.38 Å². The molecule has 0 radical (unpaired) electrons. The standard InChI is InChI=1S/C19H11F4NO4S/c1-28-16-14(22)10(6-11(21)15(16)23)18(25)24-12-7-29-17(13(12)19(26)27)8-3-2-4-9(20)5-8/h2-7H,1H3,(H,24,25)(H,26,27). The smallest absolute Gasteiger partial charge is 0.339 e. The quantitative estimate of drug-likeness (QED) is 0.449. The van der Waals surface area contributed by atoms with Crippen LogP contribution >= 0.6 is 11.3 Å². The minimum atomic E-state index is -1.60. The van der Waals surface area contributed by atoms with E-state index in [1.807, 2.05) is 0 Å². The van der Waals surface area contributed by atoms with Crippen LogP contribution in [-0.4, -0.2) is 24.1 Å². The lowest BCUT2D eigenvalue weighted by atomic mass is 10.1. The van der Waals surface area contributed by atoms with E-state index in [0.29, 0.717) is 6.07 Å². The molecular weight excluding hydrogens is 414 g/mol. The van der Waals surface area contributed by atoms with Gasteiger partial charge in [0.2, 0.25) is 5.82 Å². The van der Waals surface area contributed by atoms with Crippen molar-refractivity contribution >= 4 is 28.9 Å². The fourth-order valence-electron chi connectivity index (χ4n) is 2.62. The second kappa shape index (κ2) is 7.92. The van der Waals surface area contributed by atoms with Gasteiger partial charge in [-0.05, 0) is 23.8 Å². The van der Waals surface area contributed by atoms with E-state index in [1.54, 1.807) is 0 Å². The normalized spacial score (nSPS) is 10.7. The molecule has 29 heavy (non-hydrogen) atoms. The first kappa shape index (κ1) is 20.3. The number of halogens is 4. The lowest BCUT2D eigenvalue weighted by Gasteiger charge is -2.10. The van der Waals surface area contributed by atoms with Crippen LogP contribution < -0.4 is 10.1 Å². The molecule has 150 valence electrons. The summed E-state index contributed by atoms with van der Waals surface area (Å²) in [5.74, 6) is -8.88. The van der Waals surface area contributed by atoms with Gasteiger partial charge in [-0.25, -0.2) is 18.0 Å². The predicted molar refractivity (Wildman–Crippen MR) is 97.5 cm³/mol. The van der Waals surface area contributed by atoms with E-state index in [2.05, 4.69) is 10.1 Å². The summed E-state index contributed by atoms with van der Waals surface area (Å²) in [5, 5.41) is 12.9. The van der Waals surface area contributed by atoms with Crippen LogP contribution in [0.2, 0.25) is 0 Å². The highest BCUT2D eigenvalue weighted by atomic mass is 32.1. The molecule has 0 aliphatic rings. The van der Waals surface area contributed by atoms with Crippen LogP contribution in [0.4, 0.5) is 23.2 Å². The summed E-state index contributed by atoms with van der Waals surface area (Å²) in [4.78, 5) is 24.2. The Hall–Kier alpha value is -3.40. The molecule has 0 fully saturated rings. The van der Waals surface area contributed by atoms with Crippen molar-refractivity contribution in [3.05, 3.63) is 70.1 Å².